The molecule has 1 amide bonds. The minimum atomic E-state index is -0.960. The molecule has 2 aromatic carbocycles. The van der Waals surface area contributed by atoms with Crippen molar-refractivity contribution in [1.82, 2.24) is 0 Å². The van der Waals surface area contributed by atoms with Crippen LogP contribution < -0.4 is 10.1 Å². The summed E-state index contributed by atoms with van der Waals surface area (Å²) < 4.78 is 10.0. The van der Waals surface area contributed by atoms with Crippen molar-refractivity contribution in [2.75, 3.05) is 19.0 Å². The van der Waals surface area contributed by atoms with Crippen molar-refractivity contribution in [1.29, 1.82) is 0 Å². The molecule has 0 atom stereocenters. The average molecular weight is 413 g/mol. The number of carbonyl (C=O) groups excluding carboxylic acids is 2. The van der Waals surface area contributed by atoms with Crippen LogP contribution >= 0.6 is 23.2 Å². The van der Waals surface area contributed by atoms with Crippen molar-refractivity contribution in [3.05, 3.63) is 61.6 Å². The first kappa shape index (κ1) is 20.5. The molecular weight excluding hydrogens is 399 g/mol. The lowest BCUT2D eigenvalue weighted by atomic mass is 10.2. The first-order valence-electron chi connectivity index (χ1n) is 7.48. The van der Waals surface area contributed by atoms with E-state index in [9.17, 15) is 19.7 Å². The molecule has 142 valence electrons. The summed E-state index contributed by atoms with van der Waals surface area (Å²) in [6.07, 6.45) is 0. The number of carbonyl (C=O) groups is 2. The molecule has 0 unspecified atom stereocenters. The second-order valence-corrected chi connectivity index (χ2v) is 6.16. The number of nitro benzene ring substituents is 1. The summed E-state index contributed by atoms with van der Waals surface area (Å²) in [6.45, 7) is 1.13. The summed E-state index contributed by atoms with van der Waals surface area (Å²) in [6, 6.07) is 6.49. The Labute approximate surface area is 164 Å². The summed E-state index contributed by atoms with van der Waals surface area (Å²) in [5.41, 5.74) is 0.540. The molecule has 0 saturated carbocycles. The van der Waals surface area contributed by atoms with E-state index in [0.717, 1.165) is 12.1 Å². The molecule has 8 nitrogen and oxygen atoms in total. The minimum absolute atomic E-state index is 0.0268. The van der Waals surface area contributed by atoms with E-state index in [1.54, 1.807) is 19.1 Å². The van der Waals surface area contributed by atoms with Crippen molar-refractivity contribution in [2.24, 2.45) is 0 Å². The fourth-order valence-corrected chi connectivity index (χ4v) is 2.46. The van der Waals surface area contributed by atoms with Crippen molar-refractivity contribution in [2.45, 2.75) is 6.92 Å². The number of benzene rings is 2. The van der Waals surface area contributed by atoms with Crippen LogP contribution in [0.25, 0.3) is 0 Å². The highest BCUT2D eigenvalue weighted by Gasteiger charge is 2.19. The quantitative estimate of drug-likeness (QED) is 0.436. The van der Waals surface area contributed by atoms with Gasteiger partial charge in [0.15, 0.2) is 6.61 Å². The monoisotopic (exact) mass is 412 g/mol. The molecule has 27 heavy (non-hydrogen) atoms. The van der Waals surface area contributed by atoms with Crippen LogP contribution in [0.2, 0.25) is 10.0 Å². The number of nitrogens with one attached hydrogen (secondary N) is 1. The number of ether oxygens (including phenoxy) is 2. The van der Waals surface area contributed by atoms with E-state index in [0.29, 0.717) is 22.0 Å². The number of rotatable bonds is 6. The number of aryl methyl sites for hydroxylation is 1. The molecule has 10 heteroatoms. The summed E-state index contributed by atoms with van der Waals surface area (Å²) in [4.78, 5) is 34.2. The van der Waals surface area contributed by atoms with Gasteiger partial charge in [0.2, 0.25) is 0 Å². The smallest absolute Gasteiger partial charge is 0.340 e. The molecule has 0 saturated heterocycles. The fraction of sp³-hybridized carbons (Fsp3) is 0.176. The third-order valence-electron chi connectivity index (χ3n) is 3.47. The second kappa shape index (κ2) is 8.70. The number of anilines is 1. The molecule has 0 aliphatic rings. The van der Waals surface area contributed by atoms with Crippen molar-refractivity contribution < 1.29 is 24.0 Å². The lowest BCUT2D eigenvalue weighted by Gasteiger charge is -2.12. The molecule has 1 N–H and O–H groups in total. The molecule has 0 heterocycles. The van der Waals surface area contributed by atoms with Gasteiger partial charge in [-0.25, -0.2) is 4.79 Å². The van der Waals surface area contributed by atoms with Gasteiger partial charge >= 0.3 is 5.97 Å². The van der Waals surface area contributed by atoms with Crippen LogP contribution in [-0.2, 0) is 9.53 Å². The Balaban J connectivity index is 2.06. The van der Waals surface area contributed by atoms with Crippen LogP contribution in [0.1, 0.15) is 15.9 Å². The Morgan fingerprint density at radius 2 is 1.89 bits per heavy atom. The number of nitro groups is 1. The molecule has 0 bridgehead atoms. The summed E-state index contributed by atoms with van der Waals surface area (Å²) in [5, 5.41) is 13.8. The number of methoxy groups -OCH3 is 1. The number of hydrogen-bond acceptors (Lipinski definition) is 6. The topological polar surface area (TPSA) is 108 Å². The van der Waals surface area contributed by atoms with Crippen LogP contribution in [0.3, 0.4) is 0 Å². The van der Waals surface area contributed by atoms with Crippen molar-refractivity contribution in [3.63, 3.8) is 0 Å². The summed E-state index contributed by atoms with van der Waals surface area (Å²) in [7, 11) is 1.42. The van der Waals surface area contributed by atoms with Crippen LogP contribution in [0.15, 0.2) is 30.3 Å². The summed E-state index contributed by atoms with van der Waals surface area (Å²) in [5.74, 6) is -1.25. The van der Waals surface area contributed by atoms with Gasteiger partial charge in [0.1, 0.15) is 5.75 Å². The molecule has 0 aliphatic carbocycles. The molecule has 0 fully saturated rings. The maximum atomic E-state index is 12.1. The van der Waals surface area contributed by atoms with E-state index >= 15 is 0 Å². The molecule has 2 aromatic rings. The zero-order chi connectivity index (χ0) is 20.1. The van der Waals surface area contributed by atoms with Crippen LogP contribution in [0, 0.1) is 17.0 Å². The largest absolute Gasteiger partial charge is 0.495 e. The number of esters is 1. The number of hydrogen-bond donors (Lipinski definition) is 1. The first-order valence-corrected chi connectivity index (χ1v) is 8.23. The molecule has 0 spiro atoms. The van der Waals surface area contributed by atoms with E-state index in [-0.39, 0.29) is 16.3 Å². The molecule has 2 rings (SSSR count). The van der Waals surface area contributed by atoms with Gasteiger partial charge in [0.05, 0.1) is 28.3 Å². The Hall–Kier alpha value is -2.84. The number of halogens is 2. The second-order valence-electron chi connectivity index (χ2n) is 5.35. The fourth-order valence-electron chi connectivity index (χ4n) is 2.11. The van der Waals surface area contributed by atoms with Gasteiger partial charge in [-0.15, -0.1) is 0 Å². The van der Waals surface area contributed by atoms with E-state index < -0.39 is 23.4 Å². The number of non-ortho nitro benzene ring substituents is 1. The highest BCUT2D eigenvalue weighted by molar-refractivity contribution is 6.33. The molecule has 0 aromatic heterocycles. The molecular formula is C17H14Cl2N2O6. The van der Waals surface area contributed by atoms with E-state index in [1.165, 1.54) is 13.2 Å². The van der Waals surface area contributed by atoms with Gasteiger partial charge in [-0.05, 0) is 24.6 Å². The minimum Gasteiger partial charge on any atom is -0.495 e. The lowest BCUT2D eigenvalue weighted by Crippen LogP contribution is -2.21. The van der Waals surface area contributed by atoms with Crippen molar-refractivity contribution >= 4 is 46.5 Å². The van der Waals surface area contributed by atoms with Gasteiger partial charge in [-0.2, -0.15) is 0 Å². The van der Waals surface area contributed by atoms with E-state index in [1.807, 2.05) is 0 Å². The highest BCUT2D eigenvalue weighted by Crippen LogP contribution is 2.31. The Bertz CT molecular complexity index is 917. The SMILES string of the molecule is COc1cc(Cl)c(C)cc1NC(=O)COC(=O)c1cc([N+](=O)[O-])ccc1Cl. The highest BCUT2D eigenvalue weighted by atomic mass is 35.5. The van der Waals surface area contributed by atoms with Gasteiger partial charge in [0, 0.05) is 23.2 Å². The normalized spacial score (nSPS) is 10.2. The Morgan fingerprint density at radius 1 is 1.19 bits per heavy atom. The van der Waals surface area contributed by atoms with Crippen LogP contribution in [-0.4, -0.2) is 30.5 Å². The van der Waals surface area contributed by atoms with E-state index in [4.69, 9.17) is 32.7 Å². The maximum Gasteiger partial charge on any atom is 0.340 e. The Kier molecular flexibility index (Phi) is 6.59. The first-order chi connectivity index (χ1) is 12.7. The van der Waals surface area contributed by atoms with Gasteiger partial charge in [-0.3, -0.25) is 14.9 Å². The van der Waals surface area contributed by atoms with Crippen LogP contribution in [0.4, 0.5) is 11.4 Å². The maximum absolute atomic E-state index is 12.1. The lowest BCUT2D eigenvalue weighted by molar-refractivity contribution is -0.384. The van der Waals surface area contributed by atoms with E-state index in [2.05, 4.69) is 5.32 Å². The molecule has 0 aliphatic heterocycles. The Morgan fingerprint density at radius 3 is 2.52 bits per heavy atom. The third kappa shape index (κ3) is 5.08. The number of amides is 1. The standard InChI is InChI=1S/C17H14Cl2N2O6/c1-9-5-14(15(26-2)7-13(9)19)20-16(22)8-27-17(23)11-6-10(21(24)25)3-4-12(11)18/h3-7H,8H2,1-2H3,(H,20,22). The van der Waals surface area contributed by atoms with Gasteiger partial charge in [-0.1, -0.05) is 23.2 Å². The molecule has 0 radical (unpaired) electrons. The average Bonchev–Trinajstić information content (AvgIpc) is 2.62. The summed E-state index contributed by atoms with van der Waals surface area (Å²) >= 11 is 11.9. The van der Waals surface area contributed by atoms with Gasteiger partial charge in [0.25, 0.3) is 11.6 Å². The van der Waals surface area contributed by atoms with Gasteiger partial charge < -0.3 is 14.8 Å². The predicted molar refractivity (Wildman–Crippen MR) is 99.8 cm³/mol. The van der Waals surface area contributed by atoms with Crippen LogP contribution in [0.5, 0.6) is 5.75 Å². The number of nitrogens with zero attached hydrogens (tertiary/aromatic N) is 1. The van der Waals surface area contributed by atoms with Crippen molar-refractivity contribution in [3.8, 4) is 5.75 Å². The zero-order valence-corrected chi connectivity index (χ0v) is 15.8. The zero-order valence-electron chi connectivity index (χ0n) is 14.2. The predicted octanol–water partition coefficient (Wildman–Crippen LogP) is 4.01. The third-order valence-corrected chi connectivity index (χ3v) is 4.21.